The van der Waals surface area contributed by atoms with Crippen LogP contribution < -0.4 is 0 Å². The normalized spacial score (nSPS) is 16.7. The maximum atomic E-state index is 12.5. The molecule has 0 N–H and O–H groups in total. The Kier molecular flexibility index (Phi) is 4.54. The lowest BCUT2D eigenvalue weighted by atomic mass is 10.3. The number of hydrogen-bond acceptors (Lipinski definition) is 6. The highest BCUT2D eigenvalue weighted by Crippen LogP contribution is 2.24. The second kappa shape index (κ2) is 6.31. The predicted octanol–water partition coefficient (Wildman–Crippen LogP) is 1.97. The summed E-state index contributed by atoms with van der Waals surface area (Å²) in [6.45, 7) is 5.15. The quantitative estimate of drug-likeness (QED) is 0.827. The van der Waals surface area contributed by atoms with Crippen molar-refractivity contribution in [1.82, 2.24) is 14.2 Å². The maximum Gasteiger partial charge on any atom is 0.265 e. The molecule has 124 valence electrons. The van der Waals surface area contributed by atoms with E-state index in [1.807, 2.05) is 13.8 Å². The molecule has 0 radical (unpaired) electrons. The van der Waals surface area contributed by atoms with Crippen molar-refractivity contribution < 1.29 is 13.2 Å². The van der Waals surface area contributed by atoms with Gasteiger partial charge in [0.2, 0.25) is 0 Å². The molecule has 3 rings (SSSR count). The first-order chi connectivity index (χ1) is 10.9. The zero-order valence-corrected chi connectivity index (χ0v) is 15.3. The lowest BCUT2D eigenvalue weighted by Crippen LogP contribution is -2.50. The molecule has 23 heavy (non-hydrogen) atoms. The molecule has 0 atom stereocenters. The number of rotatable bonds is 3. The van der Waals surface area contributed by atoms with Gasteiger partial charge in [-0.1, -0.05) is 6.07 Å². The Hall–Kier alpha value is -1.29. The van der Waals surface area contributed by atoms with E-state index in [9.17, 15) is 13.2 Å². The Bertz CT molecular complexity index is 804. The second-order valence-corrected chi connectivity index (χ2v) is 9.59. The Morgan fingerprint density at radius 3 is 2.43 bits per heavy atom. The number of aryl methyl sites for hydroxylation is 2. The molecule has 0 bridgehead atoms. The van der Waals surface area contributed by atoms with Crippen LogP contribution in [0.15, 0.2) is 21.7 Å². The highest BCUT2D eigenvalue weighted by molar-refractivity contribution is 7.91. The van der Waals surface area contributed by atoms with Crippen LogP contribution in [0.1, 0.15) is 20.4 Å². The summed E-state index contributed by atoms with van der Waals surface area (Å²) in [4.78, 5) is 19.2. The number of nitrogens with zero attached hydrogens (tertiary/aromatic N) is 3. The van der Waals surface area contributed by atoms with Gasteiger partial charge in [-0.05, 0) is 25.3 Å². The molecule has 0 aromatic carbocycles. The van der Waals surface area contributed by atoms with Crippen LogP contribution in [0.3, 0.4) is 0 Å². The molecule has 6 nitrogen and oxygen atoms in total. The molecule has 1 fully saturated rings. The highest BCUT2D eigenvalue weighted by Gasteiger charge is 2.31. The summed E-state index contributed by atoms with van der Waals surface area (Å²) < 4.78 is 26.8. The zero-order chi connectivity index (χ0) is 16.6. The molecule has 1 aliphatic heterocycles. The predicted molar refractivity (Wildman–Crippen MR) is 90.6 cm³/mol. The molecule has 1 aliphatic rings. The van der Waals surface area contributed by atoms with Crippen molar-refractivity contribution in [3.8, 4) is 0 Å². The van der Waals surface area contributed by atoms with E-state index in [0.717, 1.165) is 10.7 Å². The highest BCUT2D eigenvalue weighted by atomic mass is 32.2. The summed E-state index contributed by atoms with van der Waals surface area (Å²) in [7, 11) is -3.43. The third-order valence-electron chi connectivity index (χ3n) is 3.71. The van der Waals surface area contributed by atoms with Gasteiger partial charge in [0.1, 0.15) is 9.09 Å². The fourth-order valence-corrected chi connectivity index (χ4v) is 6.00. The Morgan fingerprint density at radius 2 is 1.91 bits per heavy atom. The van der Waals surface area contributed by atoms with Crippen molar-refractivity contribution in [1.29, 1.82) is 0 Å². The molecule has 2 aromatic heterocycles. The Labute approximate surface area is 143 Å². The van der Waals surface area contributed by atoms with Gasteiger partial charge in [-0.3, -0.25) is 4.79 Å². The number of carbonyl (C=O) groups is 1. The summed E-state index contributed by atoms with van der Waals surface area (Å²) in [5.41, 5.74) is 0.742. The van der Waals surface area contributed by atoms with E-state index < -0.39 is 10.0 Å². The summed E-state index contributed by atoms with van der Waals surface area (Å²) in [6.07, 6.45) is 0. The molecular formula is C14H17N3O3S3. The van der Waals surface area contributed by atoms with E-state index in [4.69, 9.17) is 0 Å². The number of aromatic nitrogens is 1. The number of piperazine rings is 1. The van der Waals surface area contributed by atoms with Crippen molar-refractivity contribution in [2.45, 2.75) is 18.1 Å². The SMILES string of the molecule is Cc1nc(C)c(C(=O)N2CCN(S(=O)(=O)c3cccs3)CC2)s1. The topological polar surface area (TPSA) is 70.6 Å². The van der Waals surface area contributed by atoms with E-state index >= 15 is 0 Å². The summed E-state index contributed by atoms with van der Waals surface area (Å²) in [5.74, 6) is -0.0544. The van der Waals surface area contributed by atoms with Crippen LogP contribution in [-0.2, 0) is 10.0 Å². The number of hydrogen-bond donors (Lipinski definition) is 0. The van der Waals surface area contributed by atoms with Crippen molar-refractivity contribution in [3.63, 3.8) is 0 Å². The van der Waals surface area contributed by atoms with Crippen LogP contribution in [0.4, 0.5) is 0 Å². The zero-order valence-electron chi connectivity index (χ0n) is 12.9. The minimum Gasteiger partial charge on any atom is -0.335 e. The number of thiophene rings is 1. The molecule has 0 spiro atoms. The second-order valence-electron chi connectivity index (χ2n) is 5.28. The summed E-state index contributed by atoms with van der Waals surface area (Å²) in [6, 6.07) is 3.34. The van der Waals surface area contributed by atoms with E-state index in [-0.39, 0.29) is 5.91 Å². The standard InChI is InChI=1S/C14H17N3O3S3/c1-10-13(22-11(2)15-10)14(18)16-5-7-17(8-6-16)23(19,20)12-4-3-9-21-12/h3-4,9H,5-8H2,1-2H3. The monoisotopic (exact) mass is 371 g/mol. The molecule has 1 saturated heterocycles. The lowest BCUT2D eigenvalue weighted by Gasteiger charge is -2.33. The van der Waals surface area contributed by atoms with Crippen LogP contribution in [0.25, 0.3) is 0 Å². The van der Waals surface area contributed by atoms with E-state index in [0.29, 0.717) is 35.3 Å². The molecular weight excluding hydrogens is 354 g/mol. The van der Waals surface area contributed by atoms with Gasteiger partial charge in [0, 0.05) is 26.2 Å². The number of thiazole rings is 1. The van der Waals surface area contributed by atoms with E-state index in [1.165, 1.54) is 27.0 Å². The van der Waals surface area contributed by atoms with Gasteiger partial charge in [-0.25, -0.2) is 13.4 Å². The van der Waals surface area contributed by atoms with Crippen LogP contribution in [0.2, 0.25) is 0 Å². The first-order valence-electron chi connectivity index (χ1n) is 7.16. The molecule has 0 unspecified atom stereocenters. The van der Waals surface area contributed by atoms with Crippen molar-refractivity contribution >= 4 is 38.6 Å². The minimum atomic E-state index is -3.43. The maximum absolute atomic E-state index is 12.5. The Balaban J connectivity index is 1.69. The molecule has 0 saturated carbocycles. The fraction of sp³-hybridized carbons (Fsp3) is 0.429. The lowest BCUT2D eigenvalue weighted by molar-refractivity contribution is 0.0702. The first kappa shape index (κ1) is 16.6. The molecule has 0 aliphatic carbocycles. The Morgan fingerprint density at radius 1 is 1.22 bits per heavy atom. The number of carbonyl (C=O) groups excluding carboxylic acids is 1. The van der Waals surface area contributed by atoms with Gasteiger partial charge in [-0.15, -0.1) is 22.7 Å². The summed E-state index contributed by atoms with van der Waals surface area (Å²) >= 11 is 2.60. The minimum absolute atomic E-state index is 0.0544. The first-order valence-corrected chi connectivity index (χ1v) is 10.3. The van der Waals surface area contributed by atoms with E-state index in [2.05, 4.69) is 4.98 Å². The third kappa shape index (κ3) is 3.18. The fourth-order valence-electron chi connectivity index (χ4n) is 2.54. The largest absolute Gasteiger partial charge is 0.335 e. The van der Waals surface area contributed by atoms with Gasteiger partial charge in [-0.2, -0.15) is 4.31 Å². The smallest absolute Gasteiger partial charge is 0.265 e. The van der Waals surface area contributed by atoms with Gasteiger partial charge in [0.25, 0.3) is 15.9 Å². The molecule has 9 heteroatoms. The number of amides is 1. The van der Waals surface area contributed by atoms with Gasteiger partial charge < -0.3 is 4.90 Å². The van der Waals surface area contributed by atoms with Crippen molar-refractivity contribution in [2.75, 3.05) is 26.2 Å². The molecule has 1 amide bonds. The van der Waals surface area contributed by atoms with Gasteiger partial charge in [0.15, 0.2) is 0 Å². The van der Waals surface area contributed by atoms with Crippen LogP contribution >= 0.6 is 22.7 Å². The van der Waals surface area contributed by atoms with Crippen LogP contribution in [0, 0.1) is 13.8 Å². The van der Waals surface area contributed by atoms with Crippen molar-refractivity contribution in [3.05, 3.63) is 33.1 Å². The third-order valence-corrected chi connectivity index (χ3v) is 8.05. The number of sulfonamides is 1. The average Bonchev–Trinajstić information content (AvgIpc) is 3.17. The summed E-state index contributed by atoms with van der Waals surface area (Å²) in [5, 5.41) is 2.62. The average molecular weight is 372 g/mol. The molecule has 3 heterocycles. The van der Waals surface area contributed by atoms with E-state index in [1.54, 1.807) is 22.4 Å². The van der Waals surface area contributed by atoms with Gasteiger partial charge in [0.05, 0.1) is 10.7 Å². The van der Waals surface area contributed by atoms with Crippen LogP contribution in [-0.4, -0.2) is 54.7 Å². The van der Waals surface area contributed by atoms with Crippen LogP contribution in [0.5, 0.6) is 0 Å². The van der Waals surface area contributed by atoms with Crippen molar-refractivity contribution in [2.24, 2.45) is 0 Å². The molecule has 2 aromatic rings. The van der Waals surface area contributed by atoms with Gasteiger partial charge >= 0.3 is 0 Å².